The fourth-order valence-electron chi connectivity index (χ4n) is 1.53. The van der Waals surface area contributed by atoms with Gasteiger partial charge in [0.25, 0.3) is 0 Å². The largest absolute Gasteiger partial charge is 0.378 e. The molecule has 0 unspecified atom stereocenters. The van der Waals surface area contributed by atoms with Gasteiger partial charge < -0.3 is 4.90 Å². The highest BCUT2D eigenvalue weighted by atomic mass is 35.5. The van der Waals surface area contributed by atoms with E-state index in [9.17, 15) is 4.79 Å². The lowest BCUT2D eigenvalue weighted by atomic mass is 10.2. The Morgan fingerprint density at radius 3 is 2.69 bits per heavy atom. The number of carbonyl (C=O) groups is 1. The number of carbonyl (C=O) groups excluding carboxylic acids is 1. The summed E-state index contributed by atoms with van der Waals surface area (Å²) in [6, 6.07) is 7.37. The Balaban J connectivity index is 2.71. The smallest absolute Gasteiger partial charge is 0.168 e. The molecule has 0 aliphatic heterocycles. The van der Waals surface area contributed by atoms with Crippen LogP contribution >= 0.6 is 11.6 Å². The number of aromatic nitrogens is 1. The topological polar surface area (TPSA) is 33.2 Å². The van der Waals surface area contributed by atoms with E-state index in [4.69, 9.17) is 11.6 Å². The van der Waals surface area contributed by atoms with E-state index in [1.165, 1.54) is 0 Å². The third kappa shape index (κ3) is 1.86. The van der Waals surface area contributed by atoms with Crippen LogP contribution in [0.4, 0.5) is 5.69 Å². The number of pyridine rings is 1. The number of aldehydes is 1. The summed E-state index contributed by atoms with van der Waals surface area (Å²) >= 11 is 6.06. The van der Waals surface area contributed by atoms with Gasteiger partial charge in [-0.2, -0.15) is 0 Å². The SMILES string of the molecule is CN(C)c1ccc2c(Cl)cc(C=O)nc2c1. The summed E-state index contributed by atoms with van der Waals surface area (Å²) in [6.45, 7) is 0. The van der Waals surface area contributed by atoms with E-state index in [0.717, 1.165) is 16.6 Å². The van der Waals surface area contributed by atoms with Gasteiger partial charge in [0.1, 0.15) is 5.69 Å². The quantitative estimate of drug-likeness (QED) is 0.750. The summed E-state index contributed by atoms with van der Waals surface area (Å²) < 4.78 is 0. The van der Waals surface area contributed by atoms with Crippen LogP contribution in [0.25, 0.3) is 10.9 Å². The average Bonchev–Trinajstić information content (AvgIpc) is 2.28. The molecule has 0 bridgehead atoms. The van der Waals surface area contributed by atoms with Crippen molar-refractivity contribution in [1.82, 2.24) is 4.98 Å². The maximum Gasteiger partial charge on any atom is 0.168 e. The zero-order chi connectivity index (χ0) is 11.7. The van der Waals surface area contributed by atoms with E-state index in [0.29, 0.717) is 17.0 Å². The fourth-order valence-corrected chi connectivity index (χ4v) is 1.80. The molecule has 0 atom stereocenters. The van der Waals surface area contributed by atoms with E-state index in [2.05, 4.69) is 4.98 Å². The van der Waals surface area contributed by atoms with E-state index in [-0.39, 0.29) is 0 Å². The molecule has 0 N–H and O–H groups in total. The van der Waals surface area contributed by atoms with Crippen molar-refractivity contribution in [2.24, 2.45) is 0 Å². The van der Waals surface area contributed by atoms with Crippen LogP contribution in [0.1, 0.15) is 10.5 Å². The van der Waals surface area contributed by atoms with Crippen LogP contribution in [0.3, 0.4) is 0 Å². The first-order valence-corrected chi connectivity index (χ1v) is 5.22. The van der Waals surface area contributed by atoms with E-state index >= 15 is 0 Å². The predicted molar refractivity (Wildman–Crippen MR) is 66.5 cm³/mol. The minimum Gasteiger partial charge on any atom is -0.378 e. The molecule has 4 heteroatoms. The molecule has 0 fully saturated rings. The van der Waals surface area contributed by atoms with Crippen LogP contribution in [-0.4, -0.2) is 25.4 Å². The monoisotopic (exact) mass is 234 g/mol. The number of rotatable bonds is 2. The third-order valence-electron chi connectivity index (χ3n) is 2.40. The average molecular weight is 235 g/mol. The van der Waals surface area contributed by atoms with Gasteiger partial charge in [-0.15, -0.1) is 0 Å². The molecule has 1 aromatic carbocycles. The number of hydrogen-bond donors (Lipinski definition) is 0. The Hall–Kier alpha value is -1.61. The second kappa shape index (κ2) is 4.10. The molecule has 0 saturated heterocycles. The molecule has 3 nitrogen and oxygen atoms in total. The van der Waals surface area contributed by atoms with Crippen LogP contribution in [-0.2, 0) is 0 Å². The highest BCUT2D eigenvalue weighted by Gasteiger charge is 2.05. The number of hydrogen-bond acceptors (Lipinski definition) is 3. The minimum absolute atomic E-state index is 0.355. The van der Waals surface area contributed by atoms with Gasteiger partial charge >= 0.3 is 0 Å². The fraction of sp³-hybridized carbons (Fsp3) is 0.167. The van der Waals surface area contributed by atoms with Gasteiger partial charge in [-0.3, -0.25) is 4.79 Å². The number of nitrogens with zero attached hydrogens (tertiary/aromatic N) is 2. The van der Waals surface area contributed by atoms with Crippen molar-refractivity contribution in [2.75, 3.05) is 19.0 Å². The molecular weight excluding hydrogens is 224 g/mol. The lowest BCUT2D eigenvalue weighted by molar-refractivity contribution is 0.111. The van der Waals surface area contributed by atoms with Crippen molar-refractivity contribution in [2.45, 2.75) is 0 Å². The molecule has 16 heavy (non-hydrogen) atoms. The molecule has 0 saturated carbocycles. The van der Waals surface area contributed by atoms with Crippen LogP contribution in [0.5, 0.6) is 0 Å². The minimum atomic E-state index is 0.355. The van der Waals surface area contributed by atoms with Crippen molar-refractivity contribution in [1.29, 1.82) is 0 Å². The summed E-state index contributed by atoms with van der Waals surface area (Å²) in [6.07, 6.45) is 0.702. The molecule has 2 aromatic rings. The van der Waals surface area contributed by atoms with E-state index in [1.807, 2.05) is 37.2 Å². The van der Waals surface area contributed by atoms with Gasteiger partial charge in [-0.25, -0.2) is 4.98 Å². The Morgan fingerprint density at radius 1 is 1.31 bits per heavy atom. The van der Waals surface area contributed by atoms with Crippen LogP contribution < -0.4 is 4.90 Å². The maximum absolute atomic E-state index is 10.7. The first-order chi connectivity index (χ1) is 7.61. The zero-order valence-corrected chi connectivity index (χ0v) is 9.82. The molecular formula is C12H11ClN2O. The highest BCUT2D eigenvalue weighted by molar-refractivity contribution is 6.35. The van der Waals surface area contributed by atoms with Crippen molar-refractivity contribution in [3.05, 3.63) is 35.0 Å². The maximum atomic E-state index is 10.7. The first-order valence-electron chi connectivity index (χ1n) is 4.84. The van der Waals surface area contributed by atoms with E-state index in [1.54, 1.807) is 6.07 Å². The normalized spacial score (nSPS) is 10.4. The summed E-state index contributed by atoms with van der Waals surface area (Å²) in [7, 11) is 3.90. The number of benzene rings is 1. The van der Waals surface area contributed by atoms with Gasteiger partial charge in [-0.1, -0.05) is 11.6 Å². The molecule has 0 aliphatic carbocycles. The summed E-state index contributed by atoms with van der Waals surface area (Å²) in [5.74, 6) is 0. The Kier molecular flexibility index (Phi) is 2.79. The molecule has 0 amide bonds. The summed E-state index contributed by atoms with van der Waals surface area (Å²) in [4.78, 5) is 16.9. The summed E-state index contributed by atoms with van der Waals surface area (Å²) in [5, 5.41) is 1.41. The Bertz CT molecular complexity index is 552. The molecule has 0 radical (unpaired) electrons. The zero-order valence-electron chi connectivity index (χ0n) is 9.07. The van der Waals surface area contributed by atoms with Crippen molar-refractivity contribution < 1.29 is 4.79 Å². The molecule has 1 aromatic heterocycles. The van der Waals surface area contributed by atoms with Gasteiger partial charge in [0.15, 0.2) is 6.29 Å². The lowest BCUT2D eigenvalue weighted by Crippen LogP contribution is -2.08. The van der Waals surface area contributed by atoms with Gasteiger partial charge in [0.2, 0.25) is 0 Å². The number of fused-ring (bicyclic) bond motifs is 1. The van der Waals surface area contributed by atoms with Gasteiger partial charge in [-0.05, 0) is 24.3 Å². The predicted octanol–water partition coefficient (Wildman–Crippen LogP) is 2.77. The van der Waals surface area contributed by atoms with Gasteiger partial charge in [0, 0.05) is 25.2 Å². The third-order valence-corrected chi connectivity index (χ3v) is 2.71. The Morgan fingerprint density at radius 2 is 2.06 bits per heavy atom. The standard InChI is InChI=1S/C12H11ClN2O/c1-15(2)9-3-4-10-11(13)5-8(7-16)14-12(10)6-9/h3-7H,1-2H3. The molecule has 0 spiro atoms. The van der Waals surface area contributed by atoms with Crippen LogP contribution in [0, 0.1) is 0 Å². The molecule has 2 rings (SSSR count). The molecule has 0 aliphatic rings. The van der Waals surface area contributed by atoms with E-state index < -0.39 is 0 Å². The Labute approximate surface area is 98.7 Å². The first kappa shape index (κ1) is 10.9. The van der Waals surface area contributed by atoms with Gasteiger partial charge in [0.05, 0.1) is 10.5 Å². The highest BCUT2D eigenvalue weighted by Crippen LogP contribution is 2.26. The summed E-state index contributed by atoms with van der Waals surface area (Å²) in [5.41, 5.74) is 2.12. The number of halogens is 1. The van der Waals surface area contributed by atoms with Crippen molar-refractivity contribution in [3.63, 3.8) is 0 Å². The number of anilines is 1. The van der Waals surface area contributed by atoms with Crippen LogP contribution in [0.15, 0.2) is 24.3 Å². The van der Waals surface area contributed by atoms with Crippen molar-refractivity contribution >= 4 is 34.5 Å². The second-order valence-electron chi connectivity index (χ2n) is 3.74. The van der Waals surface area contributed by atoms with Crippen molar-refractivity contribution in [3.8, 4) is 0 Å². The lowest BCUT2D eigenvalue weighted by Gasteiger charge is -2.13. The van der Waals surface area contributed by atoms with Crippen LogP contribution in [0.2, 0.25) is 5.02 Å². The molecule has 1 heterocycles. The molecule has 82 valence electrons. The second-order valence-corrected chi connectivity index (χ2v) is 4.15.